The number of furan rings is 1. The van der Waals surface area contributed by atoms with Crippen molar-refractivity contribution in [3.8, 4) is 45.6 Å². The molecular weight excluding hydrogens is 592 g/mol. The van der Waals surface area contributed by atoms with Crippen molar-refractivity contribution in [2.45, 2.75) is 0 Å². The molecule has 0 bridgehead atoms. The summed E-state index contributed by atoms with van der Waals surface area (Å²) in [5, 5.41) is 6.28. The van der Waals surface area contributed by atoms with Crippen LogP contribution < -0.4 is 0 Å². The van der Waals surface area contributed by atoms with Gasteiger partial charge in [-0.05, 0) is 57.9 Å². The molecule has 0 aliphatic rings. The SMILES string of the molecule is c1ccc(-c2nc(-c3ccccc3)nc(-c3cccc4c3ccc3cc5oc6ccc7oc(-c8ccccc8)nc7c6c5cc34)n2)cc1. The van der Waals surface area contributed by atoms with Gasteiger partial charge < -0.3 is 8.83 Å². The highest BCUT2D eigenvalue weighted by Gasteiger charge is 2.19. The summed E-state index contributed by atoms with van der Waals surface area (Å²) in [5.74, 6) is 2.48. The molecule has 0 saturated carbocycles. The van der Waals surface area contributed by atoms with Crippen molar-refractivity contribution in [3.63, 3.8) is 0 Å². The number of fused-ring (bicyclic) bond motifs is 8. The van der Waals surface area contributed by atoms with Crippen molar-refractivity contribution in [2.75, 3.05) is 0 Å². The summed E-state index contributed by atoms with van der Waals surface area (Å²) in [6, 6.07) is 48.9. The maximum Gasteiger partial charge on any atom is 0.227 e. The van der Waals surface area contributed by atoms with Crippen LogP contribution in [0.15, 0.2) is 154 Å². The lowest BCUT2D eigenvalue weighted by Crippen LogP contribution is -2.00. The molecule has 6 heteroatoms. The van der Waals surface area contributed by atoms with Crippen LogP contribution in [0.5, 0.6) is 0 Å². The van der Waals surface area contributed by atoms with Crippen LogP contribution >= 0.6 is 0 Å². The van der Waals surface area contributed by atoms with Crippen molar-refractivity contribution in [2.24, 2.45) is 0 Å². The summed E-state index contributed by atoms with van der Waals surface area (Å²) in [6.07, 6.45) is 0. The van der Waals surface area contributed by atoms with E-state index in [1.807, 2.05) is 103 Å². The molecule has 7 aromatic carbocycles. The van der Waals surface area contributed by atoms with Crippen LogP contribution in [0.2, 0.25) is 0 Å². The van der Waals surface area contributed by atoms with Gasteiger partial charge in [-0.3, -0.25) is 0 Å². The normalized spacial score (nSPS) is 11.8. The molecule has 3 aromatic heterocycles. The molecule has 10 aromatic rings. The minimum atomic E-state index is 0.588. The average Bonchev–Trinajstić information content (AvgIpc) is 3.76. The van der Waals surface area contributed by atoms with Gasteiger partial charge in [0.05, 0.1) is 5.39 Å². The smallest absolute Gasteiger partial charge is 0.227 e. The summed E-state index contributed by atoms with van der Waals surface area (Å²) in [6.45, 7) is 0. The maximum atomic E-state index is 6.39. The third-order valence-electron chi connectivity index (χ3n) is 8.95. The second kappa shape index (κ2) is 10.4. The Morgan fingerprint density at radius 2 is 1.02 bits per heavy atom. The van der Waals surface area contributed by atoms with Gasteiger partial charge in [-0.25, -0.2) is 19.9 Å². The van der Waals surface area contributed by atoms with Crippen LogP contribution in [-0.4, -0.2) is 19.9 Å². The number of benzene rings is 7. The molecule has 0 saturated heterocycles. The molecule has 0 radical (unpaired) electrons. The number of oxazole rings is 1. The molecule has 10 rings (SSSR count). The van der Waals surface area contributed by atoms with Crippen LogP contribution in [0.4, 0.5) is 0 Å². The zero-order chi connectivity index (χ0) is 31.6. The number of nitrogens with zero attached hydrogens (tertiary/aromatic N) is 4. The lowest BCUT2D eigenvalue weighted by Gasteiger charge is -2.11. The van der Waals surface area contributed by atoms with E-state index in [9.17, 15) is 0 Å². The van der Waals surface area contributed by atoms with E-state index in [1.165, 1.54) is 0 Å². The largest absolute Gasteiger partial charge is 0.456 e. The van der Waals surface area contributed by atoms with E-state index in [-0.39, 0.29) is 0 Å². The van der Waals surface area contributed by atoms with Gasteiger partial charge in [0.15, 0.2) is 23.1 Å². The Hall–Kier alpha value is -6.66. The zero-order valence-electron chi connectivity index (χ0n) is 25.5. The Morgan fingerprint density at radius 1 is 0.375 bits per heavy atom. The first kappa shape index (κ1) is 26.5. The Labute approximate surface area is 274 Å². The summed E-state index contributed by atoms with van der Waals surface area (Å²) in [7, 11) is 0. The first-order chi connectivity index (χ1) is 23.8. The summed E-state index contributed by atoms with van der Waals surface area (Å²) in [5.41, 5.74) is 6.85. The molecule has 6 nitrogen and oxygen atoms in total. The number of hydrogen-bond acceptors (Lipinski definition) is 6. The van der Waals surface area contributed by atoms with Crippen LogP contribution in [-0.2, 0) is 0 Å². The molecule has 0 spiro atoms. The van der Waals surface area contributed by atoms with Crippen molar-refractivity contribution >= 4 is 54.6 Å². The van der Waals surface area contributed by atoms with Crippen LogP contribution in [0.3, 0.4) is 0 Å². The summed E-state index contributed by atoms with van der Waals surface area (Å²) in [4.78, 5) is 19.9. The Kier molecular flexibility index (Phi) is 5.77. The fourth-order valence-corrected chi connectivity index (χ4v) is 6.67. The fourth-order valence-electron chi connectivity index (χ4n) is 6.67. The van der Waals surface area contributed by atoms with E-state index in [4.69, 9.17) is 28.8 Å². The van der Waals surface area contributed by atoms with Crippen LogP contribution in [0.1, 0.15) is 0 Å². The number of rotatable bonds is 4. The van der Waals surface area contributed by atoms with Crippen molar-refractivity contribution in [1.82, 2.24) is 19.9 Å². The van der Waals surface area contributed by atoms with Crippen molar-refractivity contribution in [1.29, 1.82) is 0 Å². The van der Waals surface area contributed by atoms with Gasteiger partial charge in [0.1, 0.15) is 16.7 Å². The maximum absolute atomic E-state index is 6.39. The summed E-state index contributed by atoms with van der Waals surface area (Å²) >= 11 is 0. The van der Waals surface area contributed by atoms with Crippen molar-refractivity contribution < 1.29 is 8.83 Å². The Balaban J connectivity index is 1.20. The third-order valence-corrected chi connectivity index (χ3v) is 8.95. The van der Waals surface area contributed by atoms with E-state index in [0.29, 0.717) is 23.4 Å². The van der Waals surface area contributed by atoms with Gasteiger partial charge in [-0.15, -0.1) is 0 Å². The zero-order valence-corrected chi connectivity index (χ0v) is 25.5. The molecule has 0 N–H and O–H groups in total. The topological polar surface area (TPSA) is 77.8 Å². The molecule has 48 heavy (non-hydrogen) atoms. The standard InChI is InChI=1S/C42H24N4O2/c1-4-11-25(12-5-1)39-44-40(26-13-6-2-7-14-26)46-41(45-39)31-18-10-17-29-30(31)20-19-28-23-36-33(24-32(28)29)37-34(47-36)21-22-35-38(37)43-42(48-35)27-15-8-3-9-16-27/h1-24H. The Morgan fingerprint density at radius 3 is 1.73 bits per heavy atom. The Bertz CT molecular complexity index is 2770. The molecule has 0 atom stereocenters. The number of aromatic nitrogens is 4. The second-order valence-electron chi connectivity index (χ2n) is 11.8. The highest BCUT2D eigenvalue weighted by molar-refractivity contribution is 6.22. The predicted octanol–water partition coefficient (Wildman–Crippen LogP) is 10.9. The van der Waals surface area contributed by atoms with E-state index >= 15 is 0 Å². The fraction of sp³-hybridized carbons (Fsp3) is 0. The highest BCUT2D eigenvalue weighted by Crippen LogP contribution is 2.40. The minimum absolute atomic E-state index is 0.588. The second-order valence-corrected chi connectivity index (χ2v) is 11.8. The molecule has 0 unspecified atom stereocenters. The molecule has 3 heterocycles. The van der Waals surface area contributed by atoms with E-state index < -0.39 is 0 Å². The monoisotopic (exact) mass is 616 g/mol. The molecule has 0 aliphatic heterocycles. The van der Waals surface area contributed by atoms with E-state index in [0.717, 1.165) is 76.8 Å². The lowest BCUT2D eigenvalue weighted by molar-refractivity contribution is 0.619. The average molecular weight is 617 g/mol. The van der Waals surface area contributed by atoms with Gasteiger partial charge in [0.25, 0.3) is 0 Å². The van der Waals surface area contributed by atoms with E-state index in [1.54, 1.807) is 0 Å². The lowest BCUT2D eigenvalue weighted by atomic mass is 9.96. The van der Waals surface area contributed by atoms with E-state index in [2.05, 4.69) is 42.5 Å². The summed E-state index contributed by atoms with van der Waals surface area (Å²) < 4.78 is 12.6. The number of hydrogen-bond donors (Lipinski definition) is 0. The quantitative estimate of drug-likeness (QED) is 0.183. The molecular formula is C42H24N4O2. The van der Waals surface area contributed by atoms with Crippen LogP contribution in [0, 0.1) is 0 Å². The third kappa shape index (κ3) is 4.20. The molecule has 0 amide bonds. The van der Waals surface area contributed by atoms with Gasteiger partial charge in [-0.2, -0.15) is 0 Å². The first-order valence-electron chi connectivity index (χ1n) is 15.8. The van der Waals surface area contributed by atoms with Gasteiger partial charge in [0, 0.05) is 27.6 Å². The van der Waals surface area contributed by atoms with Crippen molar-refractivity contribution in [3.05, 3.63) is 146 Å². The first-order valence-corrected chi connectivity index (χ1v) is 15.8. The minimum Gasteiger partial charge on any atom is -0.456 e. The molecule has 0 aliphatic carbocycles. The molecule has 224 valence electrons. The highest BCUT2D eigenvalue weighted by atomic mass is 16.4. The molecule has 0 fully saturated rings. The van der Waals surface area contributed by atoms with Gasteiger partial charge in [-0.1, -0.05) is 109 Å². The predicted molar refractivity (Wildman–Crippen MR) is 191 cm³/mol. The van der Waals surface area contributed by atoms with Crippen LogP contribution in [0.25, 0.3) is 100 Å². The van der Waals surface area contributed by atoms with Gasteiger partial charge in [0.2, 0.25) is 5.89 Å². The van der Waals surface area contributed by atoms with Gasteiger partial charge >= 0.3 is 0 Å².